The van der Waals surface area contributed by atoms with Gasteiger partial charge in [0.25, 0.3) is 0 Å². The number of amidine groups is 1. The van der Waals surface area contributed by atoms with E-state index in [1.54, 1.807) is 28.6 Å². The molecular weight excluding hydrogens is 430 g/mol. The molecule has 3 heterocycles. The van der Waals surface area contributed by atoms with E-state index < -0.39 is 5.92 Å². The first-order valence-corrected chi connectivity index (χ1v) is 11.8. The summed E-state index contributed by atoms with van der Waals surface area (Å²) in [5.41, 5.74) is 3.06. The number of thiophene rings is 1. The van der Waals surface area contributed by atoms with Gasteiger partial charge in [0.2, 0.25) is 0 Å². The second-order valence-electron chi connectivity index (χ2n) is 9.27. The van der Waals surface area contributed by atoms with Crippen molar-refractivity contribution in [3.63, 3.8) is 0 Å². The maximum Gasteiger partial charge on any atom is 0.162 e. The standard InChI is InChI=1S/C27H25N3O2S/c1-27(2)14-19-22(20(31)15-27)23(21-11-7-13-33-21)24(25(32)17-8-4-3-5-9-17)26(28)30(19)18-10-6-12-29-16-18/h3-13,16,23,28,32H,14-15H2,1-2H3/b25-24+,28-26?. The Morgan fingerprint density at radius 2 is 1.91 bits per heavy atom. The number of nitrogens with zero attached hydrogens (tertiary/aromatic N) is 2. The molecule has 166 valence electrons. The molecule has 0 saturated heterocycles. The molecule has 1 atom stereocenters. The molecule has 1 unspecified atom stereocenters. The summed E-state index contributed by atoms with van der Waals surface area (Å²) in [5, 5.41) is 22.8. The van der Waals surface area contributed by atoms with Gasteiger partial charge in [-0.1, -0.05) is 50.2 Å². The predicted octanol–water partition coefficient (Wildman–Crippen LogP) is 6.34. The van der Waals surface area contributed by atoms with Crippen LogP contribution in [-0.4, -0.2) is 21.7 Å². The first kappa shape index (κ1) is 21.3. The molecule has 0 radical (unpaired) electrons. The van der Waals surface area contributed by atoms with E-state index in [4.69, 9.17) is 0 Å². The van der Waals surface area contributed by atoms with Gasteiger partial charge in [-0.05, 0) is 35.4 Å². The minimum Gasteiger partial charge on any atom is -0.507 e. The van der Waals surface area contributed by atoms with Gasteiger partial charge in [0, 0.05) is 34.3 Å². The second-order valence-corrected chi connectivity index (χ2v) is 10.3. The van der Waals surface area contributed by atoms with Crippen molar-refractivity contribution in [1.29, 1.82) is 5.41 Å². The molecule has 0 fully saturated rings. The van der Waals surface area contributed by atoms with E-state index in [-0.39, 0.29) is 22.8 Å². The predicted molar refractivity (Wildman–Crippen MR) is 133 cm³/mol. The van der Waals surface area contributed by atoms with Crippen LogP contribution < -0.4 is 4.90 Å². The fourth-order valence-corrected chi connectivity index (χ4v) is 5.72. The summed E-state index contributed by atoms with van der Waals surface area (Å²) in [6.45, 7) is 4.18. The summed E-state index contributed by atoms with van der Waals surface area (Å²) in [6, 6.07) is 16.9. The molecule has 5 nitrogen and oxygen atoms in total. The van der Waals surface area contributed by atoms with Gasteiger partial charge in [-0.3, -0.25) is 20.1 Å². The minimum absolute atomic E-state index is 0.0251. The zero-order chi connectivity index (χ0) is 23.2. The monoisotopic (exact) mass is 455 g/mol. The van der Waals surface area contributed by atoms with Crippen LogP contribution in [0.3, 0.4) is 0 Å². The van der Waals surface area contributed by atoms with Gasteiger partial charge in [-0.2, -0.15) is 0 Å². The lowest BCUT2D eigenvalue weighted by molar-refractivity contribution is -0.118. The number of nitrogens with one attached hydrogen (secondary N) is 1. The summed E-state index contributed by atoms with van der Waals surface area (Å²) in [4.78, 5) is 20.7. The first-order valence-electron chi connectivity index (χ1n) is 10.9. The topological polar surface area (TPSA) is 77.3 Å². The highest BCUT2D eigenvalue weighted by Gasteiger charge is 2.47. The average molecular weight is 456 g/mol. The molecule has 33 heavy (non-hydrogen) atoms. The fourth-order valence-electron chi connectivity index (χ4n) is 4.88. The van der Waals surface area contributed by atoms with Crippen molar-refractivity contribution >= 4 is 34.4 Å². The Balaban J connectivity index is 1.84. The number of benzene rings is 1. The van der Waals surface area contributed by atoms with Gasteiger partial charge < -0.3 is 5.11 Å². The van der Waals surface area contributed by atoms with E-state index >= 15 is 0 Å². The Labute approximate surface area is 197 Å². The number of aliphatic hydroxyl groups is 1. The zero-order valence-corrected chi connectivity index (χ0v) is 19.4. The molecule has 0 amide bonds. The van der Waals surface area contributed by atoms with Crippen LogP contribution in [0.25, 0.3) is 5.76 Å². The van der Waals surface area contributed by atoms with E-state index in [9.17, 15) is 15.3 Å². The molecule has 2 aliphatic rings. The third-order valence-electron chi connectivity index (χ3n) is 6.26. The molecule has 1 aliphatic heterocycles. The smallest absolute Gasteiger partial charge is 0.162 e. The molecular formula is C27H25N3O2S. The Kier molecular flexibility index (Phi) is 5.25. The molecule has 6 heteroatoms. The van der Waals surface area contributed by atoms with Crippen molar-refractivity contribution in [3.8, 4) is 0 Å². The number of anilines is 1. The van der Waals surface area contributed by atoms with Crippen molar-refractivity contribution in [2.45, 2.75) is 32.6 Å². The number of rotatable bonds is 3. The number of carbonyl (C=O) groups excluding carboxylic acids is 1. The highest BCUT2D eigenvalue weighted by Crippen LogP contribution is 2.51. The van der Waals surface area contributed by atoms with E-state index in [1.165, 1.54) is 0 Å². The maximum absolute atomic E-state index is 13.7. The maximum atomic E-state index is 13.7. The van der Waals surface area contributed by atoms with Gasteiger partial charge in [0.15, 0.2) is 5.78 Å². The number of hydrogen-bond acceptors (Lipinski definition) is 5. The number of Topliss-reactive ketones (excluding diaryl/α,β-unsaturated/α-hetero) is 1. The number of pyridine rings is 1. The molecule has 0 bridgehead atoms. The molecule has 0 saturated carbocycles. The van der Waals surface area contributed by atoms with Gasteiger partial charge >= 0.3 is 0 Å². The number of aromatic nitrogens is 1. The third kappa shape index (κ3) is 3.70. The largest absolute Gasteiger partial charge is 0.507 e. The molecule has 2 aromatic heterocycles. The normalized spacial score (nSPS) is 21.8. The molecule has 0 spiro atoms. The molecule has 2 N–H and O–H groups in total. The highest BCUT2D eigenvalue weighted by molar-refractivity contribution is 7.10. The lowest BCUT2D eigenvalue weighted by atomic mass is 9.68. The second kappa shape index (κ2) is 8.12. The minimum atomic E-state index is -0.482. The Bertz CT molecular complexity index is 1280. The molecule has 1 aliphatic carbocycles. The van der Waals surface area contributed by atoms with Crippen molar-refractivity contribution in [3.05, 3.63) is 99.7 Å². The lowest BCUT2D eigenvalue weighted by Crippen LogP contribution is -2.45. The molecule has 3 aromatic rings. The number of aliphatic hydroxyl groups excluding tert-OH is 1. The van der Waals surface area contributed by atoms with Crippen LogP contribution in [0, 0.1) is 10.8 Å². The van der Waals surface area contributed by atoms with Crippen LogP contribution in [0.2, 0.25) is 0 Å². The van der Waals surface area contributed by atoms with Crippen molar-refractivity contribution in [2.75, 3.05) is 4.90 Å². The first-order chi connectivity index (χ1) is 15.9. The highest BCUT2D eigenvalue weighted by atomic mass is 32.1. The van der Waals surface area contributed by atoms with E-state index in [0.29, 0.717) is 35.2 Å². The number of carbonyl (C=O) groups is 1. The summed E-state index contributed by atoms with van der Waals surface area (Å²) < 4.78 is 0. The Hall–Kier alpha value is -3.51. The number of allylic oxidation sites excluding steroid dienone is 2. The Morgan fingerprint density at radius 3 is 2.58 bits per heavy atom. The summed E-state index contributed by atoms with van der Waals surface area (Å²) in [5.74, 6) is -0.215. The van der Waals surface area contributed by atoms with Crippen molar-refractivity contribution in [1.82, 2.24) is 4.98 Å². The molecule has 1 aromatic carbocycles. The zero-order valence-electron chi connectivity index (χ0n) is 18.6. The fraction of sp³-hybridized carbons (Fsp3) is 0.222. The van der Waals surface area contributed by atoms with Crippen molar-refractivity contribution in [2.24, 2.45) is 5.41 Å². The van der Waals surface area contributed by atoms with E-state index in [1.807, 2.05) is 60.0 Å². The van der Waals surface area contributed by atoms with Crippen LogP contribution in [0.4, 0.5) is 5.69 Å². The van der Waals surface area contributed by atoms with Crippen LogP contribution in [-0.2, 0) is 4.79 Å². The summed E-state index contributed by atoms with van der Waals surface area (Å²) in [6.07, 6.45) is 4.48. The molecule has 5 rings (SSSR count). The Morgan fingerprint density at radius 1 is 1.12 bits per heavy atom. The average Bonchev–Trinajstić information content (AvgIpc) is 3.33. The van der Waals surface area contributed by atoms with Gasteiger partial charge in [-0.15, -0.1) is 11.3 Å². The van der Waals surface area contributed by atoms with E-state index in [0.717, 1.165) is 10.6 Å². The SMILES string of the molecule is CC1(C)CC(=O)C2=C(C1)N(c1cccnc1)C(=N)/C(=C(/O)c1ccccc1)C2c1cccs1. The summed E-state index contributed by atoms with van der Waals surface area (Å²) >= 11 is 1.54. The lowest BCUT2D eigenvalue weighted by Gasteiger charge is -2.44. The van der Waals surface area contributed by atoms with Crippen molar-refractivity contribution < 1.29 is 9.90 Å². The number of ketones is 1. The van der Waals surface area contributed by atoms with Gasteiger partial charge in [-0.25, -0.2) is 0 Å². The van der Waals surface area contributed by atoms with Crippen LogP contribution in [0.5, 0.6) is 0 Å². The van der Waals surface area contributed by atoms with E-state index in [2.05, 4.69) is 18.8 Å². The van der Waals surface area contributed by atoms with Crippen LogP contribution in [0.1, 0.15) is 43.0 Å². The summed E-state index contributed by atoms with van der Waals surface area (Å²) in [7, 11) is 0. The van der Waals surface area contributed by atoms with Crippen LogP contribution >= 0.6 is 11.3 Å². The van der Waals surface area contributed by atoms with Crippen LogP contribution in [0.15, 0.2) is 89.2 Å². The number of hydrogen-bond donors (Lipinski definition) is 2. The quantitative estimate of drug-likeness (QED) is 0.452. The van der Waals surface area contributed by atoms with Gasteiger partial charge in [0.1, 0.15) is 11.6 Å². The third-order valence-corrected chi connectivity index (χ3v) is 7.19. The van der Waals surface area contributed by atoms with Gasteiger partial charge in [0.05, 0.1) is 23.4 Å².